The van der Waals surface area contributed by atoms with Crippen LogP contribution in [-0.4, -0.2) is 35.4 Å². The van der Waals surface area contributed by atoms with Gasteiger partial charge >= 0.3 is 0 Å². The molecule has 1 saturated carbocycles. The van der Waals surface area contributed by atoms with E-state index in [9.17, 15) is 9.59 Å². The third kappa shape index (κ3) is 8.35. The Balaban J connectivity index is 1.53. The summed E-state index contributed by atoms with van der Waals surface area (Å²) in [5.41, 5.74) is 1.84. The van der Waals surface area contributed by atoms with Crippen molar-refractivity contribution in [1.29, 1.82) is 0 Å². The molecule has 5 nitrogen and oxygen atoms in total. The van der Waals surface area contributed by atoms with Crippen molar-refractivity contribution in [2.75, 3.05) is 6.61 Å². The molecule has 0 saturated heterocycles. The van der Waals surface area contributed by atoms with E-state index in [4.69, 9.17) is 16.3 Å². The second-order valence-corrected chi connectivity index (χ2v) is 10.3. The Labute approximate surface area is 231 Å². The number of ether oxygens (including phenoxy) is 1. The number of para-hydroxylation sites is 1. The molecule has 38 heavy (non-hydrogen) atoms. The van der Waals surface area contributed by atoms with Crippen LogP contribution >= 0.6 is 11.6 Å². The van der Waals surface area contributed by atoms with Gasteiger partial charge in [-0.05, 0) is 48.6 Å². The van der Waals surface area contributed by atoms with Crippen LogP contribution in [0, 0.1) is 0 Å². The maximum absolute atomic E-state index is 13.8. The quantitative estimate of drug-likeness (QED) is 0.268. The topological polar surface area (TPSA) is 58.6 Å². The maximum Gasteiger partial charge on any atom is 0.243 e. The lowest BCUT2D eigenvalue weighted by Gasteiger charge is -2.33. The minimum Gasteiger partial charge on any atom is -0.494 e. The average Bonchev–Trinajstić information content (AvgIpc) is 2.95. The minimum absolute atomic E-state index is 0.0821. The highest BCUT2D eigenvalue weighted by molar-refractivity contribution is 6.31. The summed E-state index contributed by atoms with van der Waals surface area (Å²) in [6.07, 6.45) is 6.69. The van der Waals surface area contributed by atoms with Gasteiger partial charge in [0.25, 0.3) is 0 Å². The van der Waals surface area contributed by atoms with E-state index < -0.39 is 6.04 Å². The van der Waals surface area contributed by atoms with Gasteiger partial charge in [0.2, 0.25) is 11.8 Å². The van der Waals surface area contributed by atoms with Crippen molar-refractivity contribution < 1.29 is 14.3 Å². The molecule has 4 rings (SSSR count). The summed E-state index contributed by atoms with van der Waals surface area (Å²) in [7, 11) is 0. The van der Waals surface area contributed by atoms with Gasteiger partial charge in [-0.25, -0.2) is 0 Å². The van der Waals surface area contributed by atoms with Gasteiger partial charge in [0.15, 0.2) is 0 Å². The molecule has 0 bridgehead atoms. The van der Waals surface area contributed by atoms with Crippen LogP contribution in [-0.2, 0) is 22.6 Å². The highest BCUT2D eigenvalue weighted by Crippen LogP contribution is 2.23. The molecule has 3 aromatic rings. The summed E-state index contributed by atoms with van der Waals surface area (Å²) >= 11 is 6.51. The lowest BCUT2D eigenvalue weighted by atomic mass is 9.94. The molecule has 0 aromatic heterocycles. The molecule has 0 heterocycles. The van der Waals surface area contributed by atoms with E-state index in [0.29, 0.717) is 24.5 Å². The van der Waals surface area contributed by atoms with Crippen molar-refractivity contribution in [3.05, 3.63) is 101 Å². The predicted molar refractivity (Wildman–Crippen MR) is 152 cm³/mol. The van der Waals surface area contributed by atoms with Gasteiger partial charge in [0.05, 0.1) is 6.61 Å². The molecular weight excluding hydrogens is 496 g/mol. The van der Waals surface area contributed by atoms with Crippen LogP contribution in [0.25, 0.3) is 0 Å². The maximum atomic E-state index is 13.8. The summed E-state index contributed by atoms with van der Waals surface area (Å²) in [4.78, 5) is 29.3. The second-order valence-electron chi connectivity index (χ2n) is 9.93. The first-order valence-electron chi connectivity index (χ1n) is 13.6. The van der Waals surface area contributed by atoms with E-state index in [1.165, 1.54) is 6.42 Å². The predicted octanol–water partition coefficient (Wildman–Crippen LogP) is 6.59. The Bertz CT molecular complexity index is 1150. The molecule has 1 unspecified atom stereocenters. The van der Waals surface area contributed by atoms with E-state index in [1.807, 2.05) is 84.9 Å². The van der Waals surface area contributed by atoms with Gasteiger partial charge in [0.1, 0.15) is 11.8 Å². The van der Waals surface area contributed by atoms with Crippen LogP contribution in [0.1, 0.15) is 56.1 Å². The SMILES string of the molecule is O=C(NC1CCCCC1)C(Cc1ccccc1)N(Cc1ccccc1Cl)C(=O)CCCOc1ccccc1. The van der Waals surface area contributed by atoms with E-state index in [1.54, 1.807) is 4.90 Å². The lowest BCUT2D eigenvalue weighted by Crippen LogP contribution is -2.52. The molecule has 1 N–H and O–H groups in total. The Kier molecular flexibility index (Phi) is 10.6. The summed E-state index contributed by atoms with van der Waals surface area (Å²) < 4.78 is 5.81. The number of nitrogens with one attached hydrogen (secondary N) is 1. The Morgan fingerprint density at radius 2 is 1.55 bits per heavy atom. The Hall–Kier alpha value is -3.31. The van der Waals surface area contributed by atoms with Crippen molar-refractivity contribution in [2.24, 2.45) is 0 Å². The van der Waals surface area contributed by atoms with E-state index in [2.05, 4.69) is 5.32 Å². The molecule has 0 aliphatic heterocycles. The Morgan fingerprint density at radius 3 is 2.26 bits per heavy atom. The fourth-order valence-corrected chi connectivity index (χ4v) is 5.18. The van der Waals surface area contributed by atoms with E-state index in [-0.39, 0.29) is 30.8 Å². The number of rotatable bonds is 12. The zero-order chi connectivity index (χ0) is 26.6. The number of benzene rings is 3. The number of carbonyl (C=O) groups excluding carboxylic acids is 2. The van der Waals surface area contributed by atoms with Gasteiger partial charge in [0, 0.05) is 30.5 Å². The van der Waals surface area contributed by atoms with Crippen molar-refractivity contribution in [1.82, 2.24) is 10.2 Å². The smallest absolute Gasteiger partial charge is 0.243 e. The van der Waals surface area contributed by atoms with Crippen LogP contribution < -0.4 is 10.1 Å². The largest absolute Gasteiger partial charge is 0.494 e. The van der Waals surface area contributed by atoms with Gasteiger partial charge in [-0.15, -0.1) is 0 Å². The zero-order valence-corrected chi connectivity index (χ0v) is 22.6. The second kappa shape index (κ2) is 14.6. The van der Waals surface area contributed by atoms with Crippen molar-refractivity contribution in [2.45, 2.75) is 70.0 Å². The van der Waals surface area contributed by atoms with E-state index in [0.717, 1.165) is 42.6 Å². The summed E-state index contributed by atoms with van der Waals surface area (Å²) in [5.74, 6) is 0.602. The van der Waals surface area contributed by atoms with Gasteiger partial charge in [-0.1, -0.05) is 97.6 Å². The molecule has 1 atom stereocenters. The molecule has 2 amide bonds. The number of hydrogen-bond acceptors (Lipinski definition) is 3. The van der Waals surface area contributed by atoms with Crippen LogP contribution in [0.4, 0.5) is 0 Å². The minimum atomic E-state index is -0.641. The summed E-state index contributed by atoms with van der Waals surface area (Å²) in [6, 6.07) is 26.5. The molecule has 0 radical (unpaired) electrons. The van der Waals surface area contributed by atoms with Gasteiger partial charge in [-0.2, -0.15) is 0 Å². The third-order valence-corrected chi connectivity index (χ3v) is 7.44. The standard InChI is InChI=1S/C32H37ClN2O3/c33-29-20-11-10-15-26(29)24-35(31(36)21-12-22-38-28-18-8-3-9-19-28)30(23-25-13-4-1-5-14-25)32(37)34-27-16-6-2-7-17-27/h1,3-5,8-11,13-15,18-20,27,30H,2,6-7,12,16-17,21-24H2,(H,34,37). The molecule has 3 aromatic carbocycles. The molecular formula is C32H37ClN2O3. The highest BCUT2D eigenvalue weighted by atomic mass is 35.5. The molecule has 1 fully saturated rings. The highest BCUT2D eigenvalue weighted by Gasteiger charge is 2.32. The zero-order valence-electron chi connectivity index (χ0n) is 21.9. The fraction of sp³-hybridized carbons (Fsp3) is 0.375. The number of hydrogen-bond donors (Lipinski definition) is 1. The lowest BCUT2D eigenvalue weighted by molar-refractivity contribution is -0.141. The molecule has 200 valence electrons. The normalized spacial score (nSPS) is 14.4. The number of amides is 2. The number of nitrogens with zero attached hydrogens (tertiary/aromatic N) is 1. The van der Waals surface area contributed by atoms with Crippen molar-refractivity contribution in [3.8, 4) is 5.75 Å². The molecule has 1 aliphatic rings. The fourth-order valence-electron chi connectivity index (χ4n) is 4.98. The Morgan fingerprint density at radius 1 is 0.895 bits per heavy atom. The van der Waals surface area contributed by atoms with Gasteiger partial charge in [-0.3, -0.25) is 9.59 Å². The molecule has 6 heteroatoms. The molecule has 0 spiro atoms. The van der Waals surface area contributed by atoms with Crippen LogP contribution in [0.15, 0.2) is 84.9 Å². The first-order chi connectivity index (χ1) is 18.6. The molecule has 1 aliphatic carbocycles. The number of carbonyl (C=O) groups is 2. The first-order valence-corrected chi connectivity index (χ1v) is 14.0. The summed E-state index contributed by atoms with van der Waals surface area (Å²) in [5, 5.41) is 3.86. The third-order valence-electron chi connectivity index (χ3n) is 7.07. The van der Waals surface area contributed by atoms with Crippen molar-refractivity contribution in [3.63, 3.8) is 0 Å². The van der Waals surface area contributed by atoms with Gasteiger partial charge < -0.3 is 15.0 Å². The first kappa shape index (κ1) is 27.7. The van der Waals surface area contributed by atoms with Crippen LogP contribution in [0.2, 0.25) is 5.02 Å². The summed E-state index contributed by atoms with van der Waals surface area (Å²) in [6.45, 7) is 0.695. The monoisotopic (exact) mass is 532 g/mol. The van der Waals surface area contributed by atoms with E-state index >= 15 is 0 Å². The number of halogens is 1. The average molecular weight is 533 g/mol. The van der Waals surface area contributed by atoms with Crippen LogP contribution in [0.5, 0.6) is 5.75 Å². The van der Waals surface area contributed by atoms with Crippen LogP contribution in [0.3, 0.4) is 0 Å². The van der Waals surface area contributed by atoms with Crippen molar-refractivity contribution >= 4 is 23.4 Å².